The topological polar surface area (TPSA) is 81.6 Å². The van der Waals surface area contributed by atoms with E-state index in [0.717, 1.165) is 0 Å². The summed E-state index contributed by atoms with van der Waals surface area (Å²) in [6, 6.07) is 4.99. The molecule has 0 aliphatic carbocycles. The molecule has 3 rings (SSSR count). The van der Waals surface area contributed by atoms with Crippen molar-refractivity contribution in [2.45, 2.75) is 31.5 Å². The fourth-order valence-corrected chi connectivity index (χ4v) is 3.23. The van der Waals surface area contributed by atoms with Gasteiger partial charge in [-0.2, -0.15) is 10.2 Å². The molecule has 3 aromatic rings. The second-order valence-corrected chi connectivity index (χ2v) is 6.82. The maximum absolute atomic E-state index is 11.7. The van der Waals surface area contributed by atoms with Gasteiger partial charge in [0.25, 0.3) is 0 Å². The van der Waals surface area contributed by atoms with Crippen molar-refractivity contribution in [3.05, 3.63) is 59.1 Å². The summed E-state index contributed by atoms with van der Waals surface area (Å²) in [4.78, 5) is 7.91. The zero-order valence-electron chi connectivity index (χ0n) is 13.1. The second-order valence-electron chi connectivity index (χ2n) is 5.98. The SMILES string of the molecule is CC(C)(n1cncn1)C(O)(Cn1cncn1)c1ccc(Cl)cc1Cl. The van der Waals surface area contributed by atoms with Gasteiger partial charge in [0.1, 0.15) is 30.9 Å². The van der Waals surface area contributed by atoms with Crippen LogP contribution >= 0.6 is 23.2 Å². The molecule has 1 N–H and O–H groups in total. The van der Waals surface area contributed by atoms with Crippen LogP contribution < -0.4 is 0 Å². The van der Waals surface area contributed by atoms with E-state index in [9.17, 15) is 5.11 Å². The molecule has 0 fully saturated rings. The largest absolute Gasteiger partial charge is 0.381 e. The molecular weight excluding hydrogens is 351 g/mol. The number of aromatic nitrogens is 6. The molecule has 0 amide bonds. The summed E-state index contributed by atoms with van der Waals surface area (Å²) in [5.74, 6) is 0. The number of aliphatic hydroxyl groups is 1. The summed E-state index contributed by atoms with van der Waals surface area (Å²) in [6.45, 7) is 3.83. The molecule has 126 valence electrons. The third-order valence-corrected chi connectivity index (χ3v) is 4.79. The monoisotopic (exact) mass is 366 g/mol. The van der Waals surface area contributed by atoms with Crippen molar-refractivity contribution in [2.24, 2.45) is 0 Å². The van der Waals surface area contributed by atoms with Gasteiger partial charge in [-0.25, -0.2) is 19.3 Å². The molecule has 1 unspecified atom stereocenters. The third kappa shape index (κ3) is 2.79. The molecule has 0 saturated carbocycles. The van der Waals surface area contributed by atoms with Crippen LogP contribution in [0.4, 0.5) is 0 Å². The van der Waals surface area contributed by atoms with Gasteiger partial charge in [-0.15, -0.1) is 0 Å². The van der Waals surface area contributed by atoms with Crippen molar-refractivity contribution in [2.75, 3.05) is 0 Å². The van der Waals surface area contributed by atoms with E-state index in [2.05, 4.69) is 20.2 Å². The molecule has 2 heterocycles. The van der Waals surface area contributed by atoms with Crippen LogP contribution in [-0.4, -0.2) is 34.6 Å². The Labute approximate surface area is 148 Å². The Bertz CT molecular complexity index is 819. The van der Waals surface area contributed by atoms with E-state index >= 15 is 0 Å². The first-order valence-electron chi connectivity index (χ1n) is 7.20. The lowest BCUT2D eigenvalue weighted by Gasteiger charge is -2.43. The van der Waals surface area contributed by atoms with Gasteiger partial charge in [0, 0.05) is 15.6 Å². The second kappa shape index (κ2) is 6.16. The normalized spacial score (nSPS) is 14.5. The summed E-state index contributed by atoms with van der Waals surface area (Å²) in [6.07, 6.45) is 5.91. The minimum Gasteiger partial charge on any atom is -0.381 e. The predicted molar refractivity (Wildman–Crippen MR) is 89.7 cm³/mol. The van der Waals surface area contributed by atoms with Crippen LogP contribution in [0.5, 0.6) is 0 Å². The van der Waals surface area contributed by atoms with Gasteiger partial charge in [0.15, 0.2) is 0 Å². The van der Waals surface area contributed by atoms with Gasteiger partial charge < -0.3 is 5.11 Å². The summed E-state index contributed by atoms with van der Waals surface area (Å²) in [5.41, 5.74) is -1.81. The average Bonchev–Trinajstić information content (AvgIpc) is 3.20. The van der Waals surface area contributed by atoms with Crippen molar-refractivity contribution in [3.63, 3.8) is 0 Å². The summed E-state index contributed by atoms with van der Waals surface area (Å²) in [5, 5.41) is 20.9. The van der Waals surface area contributed by atoms with Gasteiger partial charge in [0.05, 0.1) is 12.1 Å². The summed E-state index contributed by atoms with van der Waals surface area (Å²) in [7, 11) is 0. The maximum Gasteiger partial charge on any atom is 0.137 e. The first kappa shape index (κ1) is 16.9. The maximum atomic E-state index is 11.7. The Morgan fingerprint density at radius 2 is 1.79 bits per heavy atom. The number of hydrogen-bond donors (Lipinski definition) is 1. The van der Waals surface area contributed by atoms with E-state index in [1.807, 2.05) is 13.8 Å². The molecular formula is C15H16Cl2N6O. The molecule has 9 heteroatoms. The average molecular weight is 367 g/mol. The van der Waals surface area contributed by atoms with Gasteiger partial charge >= 0.3 is 0 Å². The van der Waals surface area contributed by atoms with Crippen molar-refractivity contribution in [1.29, 1.82) is 0 Å². The van der Waals surface area contributed by atoms with Crippen molar-refractivity contribution >= 4 is 23.2 Å². The van der Waals surface area contributed by atoms with E-state index in [1.165, 1.54) is 19.0 Å². The number of nitrogens with zero attached hydrogens (tertiary/aromatic N) is 6. The fourth-order valence-electron chi connectivity index (χ4n) is 2.67. The molecule has 0 aliphatic heterocycles. The third-order valence-electron chi connectivity index (χ3n) is 4.24. The molecule has 1 atom stereocenters. The van der Waals surface area contributed by atoms with Crippen LogP contribution in [0.3, 0.4) is 0 Å². The zero-order valence-corrected chi connectivity index (χ0v) is 14.6. The first-order valence-corrected chi connectivity index (χ1v) is 7.95. The Morgan fingerprint density at radius 3 is 2.38 bits per heavy atom. The number of hydrogen-bond acceptors (Lipinski definition) is 5. The lowest BCUT2D eigenvalue weighted by Crippen LogP contribution is -2.52. The van der Waals surface area contributed by atoms with Crippen molar-refractivity contribution in [1.82, 2.24) is 29.5 Å². The lowest BCUT2D eigenvalue weighted by molar-refractivity contribution is -0.0860. The van der Waals surface area contributed by atoms with Crippen LogP contribution in [0, 0.1) is 0 Å². The Morgan fingerprint density at radius 1 is 1.08 bits per heavy atom. The van der Waals surface area contributed by atoms with Crippen LogP contribution in [0.15, 0.2) is 43.5 Å². The molecule has 0 radical (unpaired) electrons. The van der Waals surface area contributed by atoms with Crippen LogP contribution in [0.25, 0.3) is 0 Å². The highest BCUT2D eigenvalue weighted by atomic mass is 35.5. The highest BCUT2D eigenvalue weighted by Gasteiger charge is 2.49. The van der Waals surface area contributed by atoms with Gasteiger partial charge in [0.2, 0.25) is 0 Å². The van der Waals surface area contributed by atoms with E-state index in [4.69, 9.17) is 23.2 Å². The van der Waals surface area contributed by atoms with Crippen LogP contribution in [0.1, 0.15) is 19.4 Å². The van der Waals surface area contributed by atoms with E-state index in [0.29, 0.717) is 15.6 Å². The van der Waals surface area contributed by atoms with Gasteiger partial charge in [-0.05, 0) is 26.0 Å². The standard InChI is InChI=1S/C15H16Cl2N6O/c1-14(2,23-10-19-8-21-23)15(24,6-22-9-18-7-20-22)12-4-3-11(16)5-13(12)17/h3-5,7-10,24H,6H2,1-2H3. The van der Waals surface area contributed by atoms with Crippen molar-refractivity contribution in [3.8, 4) is 0 Å². The Kier molecular flexibility index (Phi) is 4.33. The molecule has 7 nitrogen and oxygen atoms in total. The highest BCUT2D eigenvalue weighted by Crippen LogP contribution is 2.42. The minimum atomic E-state index is -1.45. The van der Waals surface area contributed by atoms with Crippen LogP contribution in [-0.2, 0) is 17.7 Å². The minimum absolute atomic E-state index is 0.126. The van der Waals surface area contributed by atoms with Gasteiger partial charge in [-0.1, -0.05) is 29.3 Å². The smallest absolute Gasteiger partial charge is 0.137 e. The van der Waals surface area contributed by atoms with Crippen molar-refractivity contribution < 1.29 is 5.11 Å². The molecule has 24 heavy (non-hydrogen) atoms. The molecule has 0 saturated heterocycles. The van der Waals surface area contributed by atoms with E-state index < -0.39 is 11.1 Å². The number of rotatable bonds is 5. The predicted octanol–water partition coefficient (Wildman–Crippen LogP) is 2.50. The summed E-state index contributed by atoms with van der Waals surface area (Å²) >= 11 is 12.4. The Hall–Kier alpha value is -1.96. The summed E-state index contributed by atoms with van der Waals surface area (Å²) < 4.78 is 3.14. The first-order chi connectivity index (χ1) is 11.3. The van der Waals surface area contributed by atoms with Crippen LogP contribution in [0.2, 0.25) is 10.0 Å². The van der Waals surface area contributed by atoms with E-state index in [-0.39, 0.29) is 6.54 Å². The highest BCUT2D eigenvalue weighted by molar-refractivity contribution is 6.35. The molecule has 0 spiro atoms. The fraction of sp³-hybridized carbons (Fsp3) is 0.333. The number of benzene rings is 1. The molecule has 0 aliphatic rings. The zero-order chi connectivity index (χ0) is 17.4. The van der Waals surface area contributed by atoms with E-state index in [1.54, 1.807) is 33.9 Å². The quantitative estimate of drug-likeness (QED) is 0.749. The molecule has 0 bridgehead atoms. The molecule has 1 aromatic carbocycles. The lowest BCUT2D eigenvalue weighted by atomic mass is 9.77. The Balaban J connectivity index is 2.17. The molecule has 2 aromatic heterocycles. The number of halogens is 2. The van der Waals surface area contributed by atoms with Gasteiger partial charge in [-0.3, -0.25) is 0 Å².